The second-order valence-electron chi connectivity index (χ2n) is 12.4. The van der Waals surface area contributed by atoms with Crippen LogP contribution in [0, 0.1) is 5.92 Å². The number of halogens is 1. The average Bonchev–Trinajstić information content (AvgIpc) is 3.10. The van der Waals surface area contributed by atoms with Crippen molar-refractivity contribution in [3.05, 3.63) is 75.7 Å². The zero-order valence-corrected chi connectivity index (χ0v) is 28.2. The second kappa shape index (κ2) is 14.9. The number of carbonyl (C=O) groups is 3. The van der Waals surface area contributed by atoms with Gasteiger partial charge in [-0.25, -0.2) is 4.98 Å². The van der Waals surface area contributed by atoms with Gasteiger partial charge in [-0.3, -0.25) is 24.5 Å². The summed E-state index contributed by atoms with van der Waals surface area (Å²) in [5, 5.41) is 12.8. The van der Waals surface area contributed by atoms with Gasteiger partial charge >= 0.3 is 0 Å². The van der Waals surface area contributed by atoms with Gasteiger partial charge < -0.3 is 30.2 Å². The Labute approximate surface area is 288 Å². The summed E-state index contributed by atoms with van der Waals surface area (Å²) >= 11 is 6.51. The molecule has 2 aliphatic heterocycles. The van der Waals surface area contributed by atoms with Crippen molar-refractivity contribution in [1.29, 1.82) is 0 Å². The number of aromatic nitrogens is 3. The van der Waals surface area contributed by atoms with E-state index in [9.17, 15) is 19.2 Å². The number of ether oxygens (including phenoxy) is 1. The molecule has 4 N–H and O–H groups in total. The molecule has 4 aromatic rings. The van der Waals surface area contributed by atoms with Crippen molar-refractivity contribution < 1.29 is 19.1 Å². The number of imide groups is 1. The van der Waals surface area contributed by atoms with Crippen LogP contribution in [0.3, 0.4) is 0 Å². The van der Waals surface area contributed by atoms with Crippen LogP contribution in [0.1, 0.15) is 43.6 Å². The number of rotatable bonds is 11. The molecule has 0 spiro atoms. The van der Waals surface area contributed by atoms with Gasteiger partial charge in [-0.2, -0.15) is 4.98 Å². The van der Waals surface area contributed by atoms with E-state index in [1.807, 2.05) is 42.5 Å². The van der Waals surface area contributed by atoms with Crippen LogP contribution in [0.25, 0.3) is 10.9 Å². The van der Waals surface area contributed by atoms with E-state index >= 15 is 0 Å². The van der Waals surface area contributed by atoms with Gasteiger partial charge in [0.25, 0.3) is 11.5 Å². The molecule has 1 unspecified atom stereocenters. The molecule has 0 aliphatic carbocycles. The van der Waals surface area contributed by atoms with Crippen LogP contribution in [0.5, 0.6) is 5.75 Å². The summed E-state index contributed by atoms with van der Waals surface area (Å²) in [6, 6.07) is 15.1. The topological polar surface area (TPSA) is 160 Å². The smallest absolute Gasteiger partial charge is 0.293 e. The van der Waals surface area contributed by atoms with Crippen molar-refractivity contribution in [3.63, 3.8) is 0 Å². The molecule has 3 amide bonds. The minimum Gasteiger partial charge on any atom is -0.478 e. The third-order valence-corrected chi connectivity index (χ3v) is 9.41. The van der Waals surface area contributed by atoms with Gasteiger partial charge in [0, 0.05) is 56.9 Å². The largest absolute Gasteiger partial charge is 0.478 e. The SMILES string of the molecule is CNC(=O)COc1cc2cc(Nc3nc(N4CCC(CCNc5cccc(C6CCC(=O)NC6=O)c5)CC4)ncc3Cl)ccc2n(C)c1=O. The molecule has 2 aromatic carbocycles. The van der Waals surface area contributed by atoms with Gasteiger partial charge in [-0.05, 0) is 73.6 Å². The Morgan fingerprint density at radius 2 is 1.88 bits per heavy atom. The van der Waals surface area contributed by atoms with E-state index in [4.69, 9.17) is 21.3 Å². The van der Waals surface area contributed by atoms with Gasteiger partial charge in [0.05, 0.1) is 17.6 Å². The molecule has 6 rings (SSSR count). The highest BCUT2D eigenvalue weighted by Crippen LogP contribution is 2.30. The Bertz CT molecular complexity index is 1940. The molecular formula is C35H39ClN8O5. The fourth-order valence-electron chi connectivity index (χ4n) is 6.30. The van der Waals surface area contributed by atoms with Crippen molar-refractivity contribution in [1.82, 2.24) is 25.2 Å². The Morgan fingerprint density at radius 3 is 2.65 bits per heavy atom. The number of pyridine rings is 1. The first-order chi connectivity index (χ1) is 23.7. The highest BCUT2D eigenvalue weighted by Gasteiger charge is 2.28. The maximum Gasteiger partial charge on any atom is 0.293 e. The molecule has 13 nitrogen and oxygen atoms in total. The van der Waals surface area contributed by atoms with Gasteiger partial charge in [-0.15, -0.1) is 0 Å². The minimum atomic E-state index is -0.336. The standard InChI is InChI=1S/C35H39ClN8O5/c1-37-31(46)20-49-29-18-23-17-25(6-8-28(23)43(2)34(29)48)40-32-27(36)19-39-35(42-32)44-14-11-21(12-15-44)10-13-38-24-5-3-4-22(16-24)26-7-9-30(45)41-33(26)47/h3-6,8,16-19,21,26,38H,7,9-15,20H2,1-2H3,(H,37,46)(H,39,40,42)(H,41,45,47). The zero-order chi connectivity index (χ0) is 34.5. The summed E-state index contributed by atoms with van der Waals surface area (Å²) in [4.78, 5) is 59.6. The van der Waals surface area contributed by atoms with Gasteiger partial charge in [0.2, 0.25) is 17.8 Å². The molecular weight excluding hydrogens is 648 g/mol. The van der Waals surface area contributed by atoms with Crippen LogP contribution < -0.4 is 36.5 Å². The Balaban J connectivity index is 1.04. The summed E-state index contributed by atoms with van der Waals surface area (Å²) in [7, 11) is 3.16. The number of amides is 3. The van der Waals surface area contributed by atoms with Crippen LogP contribution in [-0.4, -0.2) is 65.5 Å². The lowest BCUT2D eigenvalue weighted by Crippen LogP contribution is -2.39. The zero-order valence-electron chi connectivity index (χ0n) is 27.4. The van der Waals surface area contributed by atoms with Crippen LogP contribution in [0.2, 0.25) is 5.02 Å². The number of likely N-dealkylation sites (N-methyl/N-ethyl adjacent to an activating group) is 1. The molecule has 0 bridgehead atoms. The van der Waals surface area contributed by atoms with Crippen LogP contribution in [0.4, 0.5) is 23.1 Å². The molecule has 2 saturated heterocycles. The summed E-state index contributed by atoms with van der Waals surface area (Å²) in [5.41, 5.74) is 2.97. The molecule has 4 heterocycles. The molecule has 49 heavy (non-hydrogen) atoms. The van der Waals surface area contributed by atoms with E-state index < -0.39 is 0 Å². The number of nitrogens with one attached hydrogen (secondary N) is 4. The predicted molar refractivity (Wildman–Crippen MR) is 189 cm³/mol. The first-order valence-electron chi connectivity index (χ1n) is 16.4. The van der Waals surface area contributed by atoms with Gasteiger partial charge in [-0.1, -0.05) is 23.7 Å². The van der Waals surface area contributed by atoms with Crippen molar-refractivity contribution in [2.75, 3.05) is 48.8 Å². The molecule has 256 valence electrons. The second-order valence-corrected chi connectivity index (χ2v) is 12.8. The number of fused-ring (bicyclic) bond motifs is 1. The predicted octanol–water partition coefficient (Wildman–Crippen LogP) is 4.09. The molecule has 2 aliphatic rings. The Morgan fingerprint density at radius 1 is 1.06 bits per heavy atom. The molecule has 2 aromatic heterocycles. The normalized spacial score (nSPS) is 16.7. The number of hydrogen-bond acceptors (Lipinski definition) is 10. The van der Waals surface area contributed by atoms with E-state index in [-0.39, 0.29) is 41.6 Å². The lowest BCUT2D eigenvalue weighted by atomic mass is 9.90. The van der Waals surface area contributed by atoms with Gasteiger partial charge in [0.15, 0.2) is 18.2 Å². The number of nitrogens with zero attached hydrogens (tertiary/aromatic N) is 4. The van der Waals surface area contributed by atoms with Crippen LogP contribution in [0.15, 0.2) is 59.5 Å². The van der Waals surface area contributed by atoms with E-state index in [1.165, 1.54) is 11.6 Å². The number of piperidine rings is 2. The first kappa shape index (κ1) is 33.7. The maximum absolute atomic E-state index is 12.7. The fraction of sp³-hybridized carbons (Fsp3) is 0.371. The van der Waals surface area contributed by atoms with E-state index in [0.717, 1.165) is 55.5 Å². The first-order valence-corrected chi connectivity index (χ1v) is 16.8. The Kier molecular flexibility index (Phi) is 10.3. The highest BCUT2D eigenvalue weighted by molar-refractivity contribution is 6.32. The van der Waals surface area contributed by atoms with E-state index in [2.05, 4.69) is 31.2 Å². The molecule has 2 fully saturated rings. The maximum atomic E-state index is 12.7. The highest BCUT2D eigenvalue weighted by atomic mass is 35.5. The number of benzene rings is 2. The van der Waals surface area contributed by atoms with Gasteiger partial charge in [0.1, 0.15) is 5.02 Å². The molecule has 14 heteroatoms. The summed E-state index contributed by atoms with van der Waals surface area (Å²) < 4.78 is 6.96. The van der Waals surface area contributed by atoms with Crippen molar-refractivity contribution in [2.45, 2.75) is 38.0 Å². The van der Waals surface area contributed by atoms with Crippen LogP contribution >= 0.6 is 11.6 Å². The molecule has 0 radical (unpaired) electrons. The number of aryl methyl sites for hydroxylation is 1. The van der Waals surface area contributed by atoms with Crippen molar-refractivity contribution in [3.8, 4) is 5.75 Å². The average molecular weight is 687 g/mol. The third-order valence-electron chi connectivity index (χ3n) is 9.13. The Hall–Kier alpha value is -5.17. The number of anilines is 4. The summed E-state index contributed by atoms with van der Waals surface area (Å²) in [6.45, 7) is 2.20. The van der Waals surface area contributed by atoms with Crippen molar-refractivity contribution >= 4 is 63.4 Å². The molecule has 0 saturated carbocycles. The lowest BCUT2D eigenvalue weighted by Gasteiger charge is -2.32. The van der Waals surface area contributed by atoms with Crippen molar-refractivity contribution in [2.24, 2.45) is 13.0 Å². The quantitative estimate of drug-likeness (QED) is 0.169. The number of carbonyl (C=O) groups excluding carboxylic acids is 3. The lowest BCUT2D eigenvalue weighted by molar-refractivity contribution is -0.134. The van der Waals surface area contributed by atoms with E-state index in [0.29, 0.717) is 46.8 Å². The monoisotopic (exact) mass is 686 g/mol. The van der Waals surface area contributed by atoms with Crippen LogP contribution in [-0.2, 0) is 21.4 Å². The summed E-state index contributed by atoms with van der Waals surface area (Å²) in [6.07, 6.45) is 5.51. The van der Waals surface area contributed by atoms with E-state index in [1.54, 1.807) is 19.3 Å². The summed E-state index contributed by atoms with van der Waals surface area (Å²) in [5.74, 6) is 0.632. The minimum absolute atomic E-state index is 0.0799. The molecule has 1 atom stereocenters. The fourth-order valence-corrected chi connectivity index (χ4v) is 6.44. The number of hydrogen-bond donors (Lipinski definition) is 4. The third kappa shape index (κ3) is 7.94.